The molecule has 5 nitrogen and oxygen atoms in total. The molecule has 9 heteroatoms. The van der Waals surface area contributed by atoms with Crippen LogP contribution in [0.15, 0.2) is 29.2 Å². The number of sulfone groups is 1. The fourth-order valence-corrected chi connectivity index (χ4v) is 5.56. The van der Waals surface area contributed by atoms with Crippen LogP contribution in [0.3, 0.4) is 0 Å². The molecule has 0 aliphatic heterocycles. The summed E-state index contributed by atoms with van der Waals surface area (Å²) in [5, 5.41) is 2.87. The van der Waals surface area contributed by atoms with Crippen LogP contribution in [0.5, 0.6) is 0 Å². The Labute approximate surface area is 162 Å². The summed E-state index contributed by atoms with van der Waals surface area (Å²) in [4.78, 5) is 11.9. The lowest BCUT2D eigenvalue weighted by Crippen LogP contribution is -2.62. The molecule has 28 heavy (non-hydrogen) atoms. The number of nitrogens with two attached hydrogens (primary N) is 1. The maximum atomic E-state index is 13.0. The van der Waals surface area contributed by atoms with E-state index in [1.54, 1.807) is 0 Å². The van der Waals surface area contributed by atoms with Gasteiger partial charge in [-0.2, -0.15) is 13.2 Å². The largest absolute Gasteiger partial charge is 0.416 e. The minimum absolute atomic E-state index is 0.158. The Kier molecular flexibility index (Phi) is 5.07. The second kappa shape index (κ2) is 6.73. The number of halogens is 3. The Hall–Kier alpha value is -1.61. The standard InChI is InChI=1S/C19H25F3N2O3S/c1-17(2,13-9-14(10-13)24-16(25)18(23)7-4-8-18)28(26,27)15-6-3-5-12(11-15)19(20,21)22/h3,5-6,11,13-14H,4,7-10,23H2,1-2H3,(H,24,25). The van der Waals surface area contributed by atoms with Crippen molar-refractivity contribution in [2.24, 2.45) is 11.7 Å². The molecule has 0 bridgehead atoms. The summed E-state index contributed by atoms with van der Waals surface area (Å²) in [7, 11) is -3.99. The van der Waals surface area contributed by atoms with Crippen molar-refractivity contribution in [1.29, 1.82) is 0 Å². The van der Waals surface area contributed by atoms with E-state index in [1.807, 2.05) is 0 Å². The van der Waals surface area contributed by atoms with E-state index in [0.29, 0.717) is 31.7 Å². The van der Waals surface area contributed by atoms with Gasteiger partial charge in [0.2, 0.25) is 5.91 Å². The van der Waals surface area contributed by atoms with Crippen molar-refractivity contribution in [2.75, 3.05) is 0 Å². The average molecular weight is 418 g/mol. The van der Waals surface area contributed by atoms with Crippen LogP contribution in [-0.2, 0) is 20.8 Å². The number of nitrogens with one attached hydrogen (secondary N) is 1. The highest BCUT2D eigenvalue weighted by molar-refractivity contribution is 7.92. The van der Waals surface area contributed by atoms with Gasteiger partial charge in [0.25, 0.3) is 0 Å². The van der Waals surface area contributed by atoms with Crippen molar-refractivity contribution < 1.29 is 26.4 Å². The van der Waals surface area contributed by atoms with E-state index in [2.05, 4.69) is 5.32 Å². The van der Waals surface area contributed by atoms with Gasteiger partial charge in [0.15, 0.2) is 9.84 Å². The molecule has 2 saturated carbocycles. The normalized spacial score (nSPS) is 24.8. The van der Waals surface area contributed by atoms with Gasteiger partial charge in [-0.05, 0) is 70.1 Å². The smallest absolute Gasteiger partial charge is 0.352 e. The maximum Gasteiger partial charge on any atom is 0.416 e. The molecule has 1 aromatic carbocycles. The Balaban J connectivity index is 1.70. The van der Waals surface area contributed by atoms with E-state index >= 15 is 0 Å². The lowest BCUT2D eigenvalue weighted by atomic mass is 9.72. The summed E-state index contributed by atoms with van der Waals surface area (Å²) < 4.78 is 63.7. The van der Waals surface area contributed by atoms with Crippen LogP contribution in [0.1, 0.15) is 51.5 Å². The first-order valence-corrected chi connectivity index (χ1v) is 10.8. The summed E-state index contributed by atoms with van der Waals surface area (Å²) in [6.45, 7) is 3.06. The van der Waals surface area contributed by atoms with E-state index in [4.69, 9.17) is 5.73 Å². The summed E-state index contributed by atoms with van der Waals surface area (Å²) in [6.07, 6.45) is -1.50. The molecule has 2 fully saturated rings. The number of alkyl halides is 3. The van der Waals surface area contributed by atoms with Crippen LogP contribution in [0.25, 0.3) is 0 Å². The highest BCUT2D eigenvalue weighted by atomic mass is 32.2. The van der Waals surface area contributed by atoms with Crippen LogP contribution < -0.4 is 11.1 Å². The highest BCUT2D eigenvalue weighted by Crippen LogP contribution is 2.44. The van der Waals surface area contributed by atoms with Crippen molar-refractivity contribution in [2.45, 2.75) is 73.4 Å². The number of carbonyl (C=O) groups excluding carboxylic acids is 1. The number of hydrogen-bond acceptors (Lipinski definition) is 4. The fourth-order valence-electron chi connectivity index (χ4n) is 3.78. The SMILES string of the molecule is CC(C)(C1CC(NC(=O)C2(N)CCC2)C1)S(=O)(=O)c1cccc(C(F)(F)F)c1. The molecule has 0 heterocycles. The number of benzene rings is 1. The van der Waals surface area contributed by atoms with Crippen LogP contribution in [-0.4, -0.2) is 30.7 Å². The summed E-state index contributed by atoms with van der Waals surface area (Å²) >= 11 is 0. The Morgan fingerprint density at radius 3 is 2.32 bits per heavy atom. The molecule has 0 saturated heterocycles. The van der Waals surface area contributed by atoms with Gasteiger partial charge in [-0.1, -0.05) is 6.07 Å². The van der Waals surface area contributed by atoms with Gasteiger partial charge in [-0.3, -0.25) is 4.79 Å². The van der Waals surface area contributed by atoms with E-state index in [1.165, 1.54) is 19.9 Å². The van der Waals surface area contributed by atoms with Crippen molar-refractivity contribution in [3.05, 3.63) is 29.8 Å². The van der Waals surface area contributed by atoms with Crippen LogP contribution in [0.4, 0.5) is 13.2 Å². The third-order valence-corrected chi connectivity index (χ3v) is 8.91. The van der Waals surface area contributed by atoms with Crippen LogP contribution in [0.2, 0.25) is 0 Å². The van der Waals surface area contributed by atoms with E-state index < -0.39 is 31.9 Å². The Bertz CT molecular complexity index is 871. The zero-order valence-corrected chi connectivity index (χ0v) is 16.7. The van der Waals surface area contributed by atoms with Gasteiger partial charge in [0.05, 0.1) is 20.7 Å². The van der Waals surface area contributed by atoms with Crippen LogP contribution in [0, 0.1) is 5.92 Å². The first-order chi connectivity index (χ1) is 12.8. The number of carbonyl (C=O) groups is 1. The van der Waals surface area contributed by atoms with Crippen molar-refractivity contribution in [3.63, 3.8) is 0 Å². The van der Waals surface area contributed by atoms with Gasteiger partial charge >= 0.3 is 6.18 Å². The molecule has 0 unspecified atom stereocenters. The van der Waals surface area contributed by atoms with Gasteiger partial charge < -0.3 is 11.1 Å². The second-order valence-corrected chi connectivity index (χ2v) is 11.0. The number of amides is 1. The molecule has 1 aromatic rings. The number of rotatable bonds is 5. The second-order valence-electron chi connectivity index (χ2n) is 8.48. The van der Waals surface area contributed by atoms with Gasteiger partial charge in [-0.25, -0.2) is 8.42 Å². The third-order valence-electron chi connectivity index (χ3n) is 6.32. The topological polar surface area (TPSA) is 89.3 Å². The molecular weight excluding hydrogens is 393 g/mol. The van der Waals surface area contributed by atoms with Crippen molar-refractivity contribution >= 4 is 15.7 Å². The Morgan fingerprint density at radius 1 is 1.21 bits per heavy atom. The molecule has 3 rings (SSSR count). The molecular formula is C19H25F3N2O3S. The summed E-state index contributed by atoms with van der Waals surface area (Å²) in [5.74, 6) is -0.479. The molecule has 0 aromatic heterocycles. The minimum Gasteiger partial charge on any atom is -0.352 e. The third kappa shape index (κ3) is 3.54. The molecule has 0 atom stereocenters. The molecule has 2 aliphatic carbocycles. The summed E-state index contributed by atoms with van der Waals surface area (Å²) in [6, 6.07) is 3.68. The lowest BCUT2D eigenvalue weighted by molar-refractivity contribution is -0.137. The molecule has 156 valence electrons. The molecule has 3 N–H and O–H groups in total. The minimum atomic E-state index is -4.61. The van der Waals surface area contributed by atoms with Gasteiger partial charge in [-0.15, -0.1) is 0 Å². The van der Waals surface area contributed by atoms with E-state index in [9.17, 15) is 26.4 Å². The monoisotopic (exact) mass is 418 g/mol. The van der Waals surface area contributed by atoms with E-state index in [0.717, 1.165) is 18.6 Å². The fraction of sp³-hybridized carbons (Fsp3) is 0.632. The predicted molar refractivity (Wildman–Crippen MR) is 98.1 cm³/mol. The van der Waals surface area contributed by atoms with Crippen molar-refractivity contribution in [3.8, 4) is 0 Å². The average Bonchev–Trinajstić information content (AvgIpc) is 2.54. The van der Waals surface area contributed by atoms with Crippen molar-refractivity contribution in [1.82, 2.24) is 5.32 Å². The maximum absolute atomic E-state index is 13.0. The molecule has 0 spiro atoms. The van der Waals surface area contributed by atoms with E-state index in [-0.39, 0.29) is 22.8 Å². The molecule has 0 radical (unpaired) electrons. The highest BCUT2D eigenvalue weighted by Gasteiger charge is 2.50. The Morgan fingerprint density at radius 2 is 1.82 bits per heavy atom. The molecule has 1 amide bonds. The predicted octanol–water partition coefficient (Wildman–Crippen LogP) is 3.03. The zero-order chi connectivity index (χ0) is 21.0. The zero-order valence-electron chi connectivity index (χ0n) is 15.8. The lowest BCUT2D eigenvalue weighted by Gasteiger charge is -2.46. The summed E-state index contributed by atoms with van der Waals surface area (Å²) in [5.41, 5.74) is 4.18. The van der Waals surface area contributed by atoms with Gasteiger partial charge in [0.1, 0.15) is 0 Å². The van der Waals surface area contributed by atoms with Crippen LogP contribution >= 0.6 is 0 Å². The number of hydrogen-bond donors (Lipinski definition) is 2. The first-order valence-electron chi connectivity index (χ1n) is 9.29. The quantitative estimate of drug-likeness (QED) is 0.769. The molecule has 2 aliphatic rings. The first kappa shape index (κ1) is 21.1. The van der Waals surface area contributed by atoms with Gasteiger partial charge in [0, 0.05) is 6.04 Å².